The van der Waals surface area contributed by atoms with Gasteiger partial charge in [-0.15, -0.1) is 0 Å². The zero-order valence-electron chi connectivity index (χ0n) is 16.0. The lowest BCUT2D eigenvalue weighted by molar-refractivity contribution is -0.137. The van der Waals surface area contributed by atoms with Crippen molar-refractivity contribution in [3.05, 3.63) is 65.2 Å². The standard InChI is InChI=1S/C22H28N2O4/c23-21(26)22(27)24-14-4-3-8-18-6-1-2-7-19(18)9-5-15-28-16-17-10-12-20(25)13-11-17/h1-2,6-7,10-13,25H,3-5,8-9,14-16H2,(H2,23,26)(H,24,27). The van der Waals surface area contributed by atoms with Crippen molar-refractivity contribution in [2.75, 3.05) is 13.2 Å². The van der Waals surface area contributed by atoms with Crippen LogP contribution < -0.4 is 11.1 Å². The minimum Gasteiger partial charge on any atom is -0.508 e. The van der Waals surface area contributed by atoms with Crippen LogP contribution in [0.2, 0.25) is 0 Å². The third-order valence-electron chi connectivity index (χ3n) is 4.44. The lowest BCUT2D eigenvalue weighted by atomic mass is 9.98. The molecule has 2 aromatic carbocycles. The van der Waals surface area contributed by atoms with Crippen LogP contribution in [0.3, 0.4) is 0 Å². The van der Waals surface area contributed by atoms with Crippen LogP contribution in [0.15, 0.2) is 48.5 Å². The first-order valence-electron chi connectivity index (χ1n) is 9.56. The van der Waals surface area contributed by atoms with Gasteiger partial charge >= 0.3 is 11.8 Å². The molecule has 0 aliphatic heterocycles. The molecule has 0 aromatic heterocycles. The molecule has 0 saturated carbocycles. The SMILES string of the molecule is NC(=O)C(=O)NCCCCc1ccccc1CCCOCc1ccc(O)cc1. The molecule has 0 aliphatic carbocycles. The summed E-state index contributed by atoms with van der Waals surface area (Å²) in [5, 5.41) is 11.8. The lowest BCUT2D eigenvalue weighted by Crippen LogP contribution is -2.36. The van der Waals surface area contributed by atoms with Crippen LogP contribution in [0.5, 0.6) is 5.75 Å². The van der Waals surface area contributed by atoms with Gasteiger partial charge in [0.05, 0.1) is 6.61 Å². The molecule has 2 rings (SSSR count). The van der Waals surface area contributed by atoms with Crippen molar-refractivity contribution in [1.29, 1.82) is 0 Å². The smallest absolute Gasteiger partial charge is 0.309 e. The van der Waals surface area contributed by atoms with E-state index in [9.17, 15) is 14.7 Å². The molecule has 0 fully saturated rings. The van der Waals surface area contributed by atoms with Crippen LogP contribution in [0, 0.1) is 0 Å². The first-order valence-corrected chi connectivity index (χ1v) is 9.56. The maximum Gasteiger partial charge on any atom is 0.309 e. The summed E-state index contributed by atoms with van der Waals surface area (Å²) in [6, 6.07) is 15.4. The Kier molecular flexibility index (Phi) is 9.01. The highest BCUT2D eigenvalue weighted by Gasteiger charge is 2.07. The number of benzene rings is 2. The van der Waals surface area contributed by atoms with Gasteiger partial charge in [0.25, 0.3) is 0 Å². The molecule has 0 spiro atoms. The van der Waals surface area contributed by atoms with Crippen molar-refractivity contribution in [2.24, 2.45) is 5.73 Å². The fraction of sp³-hybridized carbons (Fsp3) is 0.364. The Morgan fingerprint density at radius 1 is 0.929 bits per heavy atom. The van der Waals surface area contributed by atoms with Gasteiger partial charge in [-0.2, -0.15) is 0 Å². The molecule has 0 aliphatic rings. The molecule has 0 radical (unpaired) electrons. The third kappa shape index (κ3) is 7.80. The molecule has 150 valence electrons. The van der Waals surface area contributed by atoms with E-state index >= 15 is 0 Å². The number of carbonyl (C=O) groups excluding carboxylic acids is 2. The largest absolute Gasteiger partial charge is 0.508 e. The highest BCUT2D eigenvalue weighted by Crippen LogP contribution is 2.15. The van der Waals surface area contributed by atoms with Crippen molar-refractivity contribution in [3.63, 3.8) is 0 Å². The second-order valence-electron chi connectivity index (χ2n) is 6.67. The summed E-state index contributed by atoms with van der Waals surface area (Å²) in [6.45, 7) is 1.67. The predicted octanol–water partition coefficient (Wildman–Crippen LogP) is 2.47. The third-order valence-corrected chi connectivity index (χ3v) is 4.44. The number of carbonyl (C=O) groups is 2. The number of primary amides is 1. The van der Waals surface area contributed by atoms with Crippen LogP contribution in [0.1, 0.15) is 36.0 Å². The minimum atomic E-state index is -0.946. The number of aryl methyl sites for hydroxylation is 2. The van der Waals surface area contributed by atoms with Crippen molar-refractivity contribution in [2.45, 2.75) is 38.7 Å². The molecule has 2 amide bonds. The Labute approximate surface area is 165 Å². The normalized spacial score (nSPS) is 10.6. The average Bonchev–Trinajstić information content (AvgIpc) is 2.69. The molecule has 0 heterocycles. The lowest BCUT2D eigenvalue weighted by Gasteiger charge is -2.10. The van der Waals surface area contributed by atoms with Gasteiger partial charge in [-0.3, -0.25) is 9.59 Å². The molecule has 28 heavy (non-hydrogen) atoms. The Morgan fingerprint density at radius 3 is 2.21 bits per heavy atom. The van der Waals surface area contributed by atoms with E-state index in [0.717, 1.165) is 37.7 Å². The topological polar surface area (TPSA) is 102 Å². The minimum absolute atomic E-state index is 0.260. The Hall–Kier alpha value is -2.86. The van der Waals surface area contributed by atoms with E-state index in [0.29, 0.717) is 19.8 Å². The Bertz CT molecular complexity index is 759. The van der Waals surface area contributed by atoms with Gasteiger partial charge in [0.15, 0.2) is 0 Å². The Balaban J connectivity index is 1.66. The highest BCUT2D eigenvalue weighted by atomic mass is 16.5. The van der Waals surface area contributed by atoms with Crippen LogP contribution in [-0.2, 0) is 33.8 Å². The number of hydrogen-bond donors (Lipinski definition) is 3. The van der Waals surface area contributed by atoms with Crippen LogP contribution in [0.4, 0.5) is 0 Å². The fourth-order valence-electron chi connectivity index (χ4n) is 2.92. The number of nitrogens with two attached hydrogens (primary N) is 1. The van der Waals surface area contributed by atoms with Gasteiger partial charge in [-0.25, -0.2) is 0 Å². The number of aromatic hydroxyl groups is 1. The van der Waals surface area contributed by atoms with E-state index < -0.39 is 11.8 Å². The maximum atomic E-state index is 11.1. The Morgan fingerprint density at radius 2 is 1.57 bits per heavy atom. The van der Waals surface area contributed by atoms with Crippen molar-refractivity contribution >= 4 is 11.8 Å². The summed E-state index contributed by atoms with van der Waals surface area (Å²) in [7, 11) is 0. The summed E-state index contributed by atoms with van der Waals surface area (Å²) in [5.74, 6) is -1.42. The molecule has 4 N–H and O–H groups in total. The number of nitrogens with one attached hydrogen (secondary N) is 1. The number of phenolic OH excluding ortho intramolecular Hbond substituents is 1. The van der Waals surface area contributed by atoms with E-state index in [2.05, 4.69) is 17.4 Å². The summed E-state index contributed by atoms with van der Waals surface area (Å²) in [6.07, 6.45) is 4.53. The maximum absolute atomic E-state index is 11.1. The van der Waals surface area contributed by atoms with Gasteiger partial charge in [0.2, 0.25) is 0 Å². The summed E-state index contributed by atoms with van der Waals surface area (Å²) in [5.41, 5.74) is 8.56. The van der Waals surface area contributed by atoms with Crippen molar-refractivity contribution < 1.29 is 19.4 Å². The van der Waals surface area contributed by atoms with Crippen molar-refractivity contribution in [3.8, 4) is 5.75 Å². The van der Waals surface area contributed by atoms with Gasteiger partial charge in [-0.1, -0.05) is 36.4 Å². The molecule has 0 unspecified atom stereocenters. The number of ether oxygens (including phenoxy) is 1. The molecule has 2 aromatic rings. The van der Waals surface area contributed by atoms with E-state index in [4.69, 9.17) is 10.5 Å². The zero-order chi connectivity index (χ0) is 20.2. The second-order valence-corrected chi connectivity index (χ2v) is 6.67. The monoisotopic (exact) mass is 384 g/mol. The van der Waals surface area contributed by atoms with E-state index in [-0.39, 0.29) is 5.75 Å². The van der Waals surface area contributed by atoms with Crippen LogP contribution >= 0.6 is 0 Å². The summed E-state index contributed by atoms with van der Waals surface area (Å²) in [4.78, 5) is 21.8. The van der Waals surface area contributed by atoms with Gasteiger partial charge in [-0.05, 0) is 60.9 Å². The predicted molar refractivity (Wildman–Crippen MR) is 108 cm³/mol. The van der Waals surface area contributed by atoms with Gasteiger partial charge < -0.3 is 20.9 Å². The molecular weight excluding hydrogens is 356 g/mol. The van der Waals surface area contributed by atoms with E-state index in [1.54, 1.807) is 12.1 Å². The first-order chi connectivity index (χ1) is 13.6. The molecule has 0 atom stereocenters. The summed E-state index contributed by atoms with van der Waals surface area (Å²) < 4.78 is 5.72. The number of unbranched alkanes of at least 4 members (excludes halogenated alkanes) is 1. The van der Waals surface area contributed by atoms with E-state index in [1.807, 2.05) is 24.3 Å². The van der Waals surface area contributed by atoms with Crippen LogP contribution in [0.25, 0.3) is 0 Å². The van der Waals surface area contributed by atoms with E-state index in [1.165, 1.54) is 11.1 Å². The average molecular weight is 384 g/mol. The summed E-state index contributed by atoms with van der Waals surface area (Å²) >= 11 is 0. The number of amides is 2. The second kappa shape index (κ2) is 11.8. The fourth-order valence-corrected chi connectivity index (χ4v) is 2.92. The number of phenols is 1. The quantitative estimate of drug-likeness (QED) is 0.409. The van der Waals surface area contributed by atoms with Gasteiger partial charge in [0.1, 0.15) is 5.75 Å². The highest BCUT2D eigenvalue weighted by molar-refractivity contribution is 6.34. The van der Waals surface area contributed by atoms with Crippen molar-refractivity contribution in [1.82, 2.24) is 5.32 Å². The number of hydrogen-bond acceptors (Lipinski definition) is 4. The zero-order valence-corrected chi connectivity index (χ0v) is 16.0. The van der Waals surface area contributed by atoms with Crippen LogP contribution in [-0.4, -0.2) is 30.1 Å². The molecular formula is C22H28N2O4. The molecule has 6 nitrogen and oxygen atoms in total. The van der Waals surface area contributed by atoms with Gasteiger partial charge in [0, 0.05) is 13.2 Å². The molecule has 0 bridgehead atoms. The molecule has 0 saturated heterocycles. The number of rotatable bonds is 11. The first kappa shape index (κ1) is 21.4. The molecule has 6 heteroatoms.